The Kier molecular flexibility index (Phi) is 3.35. The molecule has 0 fully saturated rings. The van der Waals surface area contributed by atoms with E-state index < -0.39 is 0 Å². The van der Waals surface area contributed by atoms with Crippen LogP contribution in [0.5, 0.6) is 0 Å². The minimum absolute atomic E-state index is 1.15. The van der Waals surface area contributed by atoms with E-state index in [2.05, 4.69) is 43.0 Å². The third-order valence-corrected chi connectivity index (χ3v) is 2.41. The first-order valence-electron chi connectivity index (χ1n) is 5.34. The predicted octanol–water partition coefficient (Wildman–Crippen LogP) is 4.50. The lowest BCUT2D eigenvalue weighted by Gasteiger charge is -1.96. The van der Waals surface area contributed by atoms with Gasteiger partial charge < -0.3 is 0 Å². The van der Waals surface area contributed by atoms with E-state index in [0.29, 0.717) is 0 Å². The lowest BCUT2D eigenvalue weighted by atomic mass is 10.1. The first kappa shape index (κ1) is 10.4. The van der Waals surface area contributed by atoms with E-state index in [1.54, 1.807) is 0 Å². The second kappa shape index (κ2) is 5.13. The van der Waals surface area contributed by atoms with Crippen molar-refractivity contribution >= 4 is 18.2 Å². The van der Waals surface area contributed by atoms with Crippen LogP contribution < -0.4 is 0 Å². The van der Waals surface area contributed by atoms with E-state index in [4.69, 9.17) is 0 Å². The summed E-state index contributed by atoms with van der Waals surface area (Å²) in [7, 11) is 0. The van der Waals surface area contributed by atoms with Gasteiger partial charge in [0.05, 0.1) is 0 Å². The van der Waals surface area contributed by atoms with E-state index in [0.717, 1.165) is 5.56 Å². The molecule has 78 valence electrons. The summed E-state index contributed by atoms with van der Waals surface area (Å²) in [4.78, 5) is 0. The van der Waals surface area contributed by atoms with Gasteiger partial charge in [-0.25, -0.2) is 0 Å². The van der Waals surface area contributed by atoms with Gasteiger partial charge in [-0.2, -0.15) is 0 Å². The van der Waals surface area contributed by atoms with Crippen LogP contribution in [0.3, 0.4) is 0 Å². The van der Waals surface area contributed by atoms with Crippen LogP contribution >= 0.6 is 0 Å². The van der Waals surface area contributed by atoms with Gasteiger partial charge in [-0.15, -0.1) is 0 Å². The highest BCUT2D eigenvalue weighted by molar-refractivity contribution is 5.70. The summed E-state index contributed by atoms with van der Waals surface area (Å²) >= 11 is 0. The normalized spacial score (nSPS) is 10.5. The largest absolute Gasteiger partial charge is 0.0985 e. The third kappa shape index (κ3) is 2.71. The molecular formula is C16H14. The molecule has 0 heteroatoms. The second-order valence-electron chi connectivity index (χ2n) is 3.62. The molecule has 0 aliphatic heterocycles. The van der Waals surface area contributed by atoms with Crippen LogP contribution in [0.1, 0.15) is 16.7 Å². The maximum atomic E-state index is 3.77. The highest BCUT2D eigenvalue weighted by Gasteiger charge is 1.89. The van der Waals surface area contributed by atoms with Crippen molar-refractivity contribution in [2.24, 2.45) is 0 Å². The zero-order valence-corrected chi connectivity index (χ0v) is 9.14. The molecule has 0 heterocycles. The van der Waals surface area contributed by atoms with Crippen molar-refractivity contribution < 1.29 is 0 Å². The molecule has 2 aromatic rings. The topological polar surface area (TPSA) is 0 Å². The predicted molar refractivity (Wildman–Crippen MR) is 71.9 cm³/mol. The number of benzene rings is 2. The monoisotopic (exact) mass is 206 g/mol. The summed E-state index contributed by atoms with van der Waals surface area (Å²) in [6, 6.07) is 18.6. The molecule has 2 aromatic carbocycles. The molecule has 0 radical (unpaired) electrons. The SMILES string of the molecule is C=Cc1cccc(C=Cc2ccccc2)c1. The van der Waals surface area contributed by atoms with Gasteiger partial charge >= 0.3 is 0 Å². The quantitative estimate of drug-likeness (QED) is 0.648. The van der Waals surface area contributed by atoms with E-state index in [9.17, 15) is 0 Å². The summed E-state index contributed by atoms with van der Waals surface area (Å²) < 4.78 is 0. The molecule has 0 nitrogen and oxygen atoms in total. The highest BCUT2D eigenvalue weighted by atomic mass is 13.9. The fourth-order valence-electron chi connectivity index (χ4n) is 1.55. The van der Waals surface area contributed by atoms with Gasteiger partial charge in [0.1, 0.15) is 0 Å². The Hall–Kier alpha value is -2.08. The zero-order valence-electron chi connectivity index (χ0n) is 9.14. The van der Waals surface area contributed by atoms with Gasteiger partial charge in [0.15, 0.2) is 0 Å². The fourth-order valence-corrected chi connectivity index (χ4v) is 1.55. The van der Waals surface area contributed by atoms with Crippen molar-refractivity contribution in [1.82, 2.24) is 0 Å². The van der Waals surface area contributed by atoms with Crippen molar-refractivity contribution in [3.8, 4) is 0 Å². The fraction of sp³-hybridized carbons (Fsp3) is 0. The van der Waals surface area contributed by atoms with E-state index in [1.807, 2.05) is 36.4 Å². The van der Waals surface area contributed by atoms with Crippen LogP contribution in [-0.2, 0) is 0 Å². The lowest BCUT2D eigenvalue weighted by Crippen LogP contribution is -1.75. The van der Waals surface area contributed by atoms with Crippen LogP contribution in [0.2, 0.25) is 0 Å². The first-order valence-corrected chi connectivity index (χ1v) is 5.34. The van der Waals surface area contributed by atoms with Crippen molar-refractivity contribution in [2.45, 2.75) is 0 Å². The van der Waals surface area contributed by atoms with Crippen LogP contribution in [-0.4, -0.2) is 0 Å². The standard InChI is InChI=1S/C16H14/c1-2-14-9-6-10-16(13-14)12-11-15-7-4-3-5-8-15/h2-13H,1H2. The Balaban J connectivity index is 2.20. The first-order chi connectivity index (χ1) is 7.88. The average Bonchev–Trinajstić information content (AvgIpc) is 2.38. The van der Waals surface area contributed by atoms with Gasteiger partial charge in [0.2, 0.25) is 0 Å². The molecule has 0 saturated heterocycles. The maximum Gasteiger partial charge on any atom is -0.0251 e. The molecule has 0 bridgehead atoms. The third-order valence-electron chi connectivity index (χ3n) is 2.41. The lowest BCUT2D eigenvalue weighted by molar-refractivity contribution is 1.62. The molecule has 0 aliphatic carbocycles. The van der Waals surface area contributed by atoms with Gasteiger partial charge in [-0.3, -0.25) is 0 Å². The molecular weight excluding hydrogens is 192 g/mol. The van der Waals surface area contributed by atoms with E-state index in [1.165, 1.54) is 11.1 Å². The summed E-state index contributed by atoms with van der Waals surface area (Å²) in [6.07, 6.45) is 6.09. The van der Waals surface area contributed by atoms with Crippen LogP contribution in [0.4, 0.5) is 0 Å². The molecule has 16 heavy (non-hydrogen) atoms. The number of hydrogen-bond donors (Lipinski definition) is 0. The van der Waals surface area contributed by atoms with E-state index >= 15 is 0 Å². The second-order valence-corrected chi connectivity index (χ2v) is 3.62. The Morgan fingerprint density at radius 2 is 1.31 bits per heavy atom. The summed E-state index contributed by atoms with van der Waals surface area (Å²) in [6.45, 7) is 3.77. The molecule has 0 aliphatic rings. The zero-order chi connectivity index (χ0) is 11.2. The minimum atomic E-state index is 1.15. The minimum Gasteiger partial charge on any atom is -0.0985 e. The van der Waals surface area contributed by atoms with Crippen LogP contribution in [0.25, 0.3) is 18.2 Å². The maximum absolute atomic E-state index is 3.77. The average molecular weight is 206 g/mol. The number of rotatable bonds is 3. The molecule has 0 spiro atoms. The molecule has 0 N–H and O–H groups in total. The molecule has 0 atom stereocenters. The van der Waals surface area contributed by atoms with Crippen LogP contribution in [0, 0.1) is 0 Å². The Labute approximate surface area is 96.6 Å². The molecule has 0 amide bonds. The summed E-state index contributed by atoms with van der Waals surface area (Å²) in [5, 5.41) is 0. The summed E-state index contributed by atoms with van der Waals surface area (Å²) in [5.74, 6) is 0. The molecule has 0 aromatic heterocycles. The molecule has 0 saturated carbocycles. The Morgan fingerprint density at radius 1 is 0.688 bits per heavy atom. The Bertz CT molecular complexity index is 492. The summed E-state index contributed by atoms with van der Waals surface area (Å²) in [5.41, 5.74) is 3.56. The van der Waals surface area contributed by atoms with Crippen molar-refractivity contribution in [2.75, 3.05) is 0 Å². The van der Waals surface area contributed by atoms with Crippen molar-refractivity contribution in [3.63, 3.8) is 0 Å². The molecule has 2 rings (SSSR count). The van der Waals surface area contributed by atoms with E-state index in [-0.39, 0.29) is 0 Å². The van der Waals surface area contributed by atoms with Gasteiger partial charge in [-0.05, 0) is 22.8 Å². The smallest absolute Gasteiger partial charge is 0.0251 e. The van der Waals surface area contributed by atoms with Crippen molar-refractivity contribution in [1.29, 1.82) is 0 Å². The Morgan fingerprint density at radius 3 is 2.06 bits per heavy atom. The van der Waals surface area contributed by atoms with Gasteiger partial charge in [0.25, 0.3) is 0 Å². The van der Waals surface area contributed by atoms with Crippen molar-refractivity contribution in [3.05, 3.63) is 77.9 Å². The van der Waals surface area contributed by atoms with Gasteiger partial charge in [-0.1, -0.05) is 73.3 Å². The van der Waals surface area contributed by atoms with Gasteiger partial charge in [0, 0.05) is 0 Å². The number of hydrogen-bond acceptors (Lipinski definition) is 0. The molecule has 0 unspecified atom stereocenters. The van der Waals surface area contributed by atoms with Crippen LogP contribution in [0.15, 0.2) is 61.2 Å². The highest BCUT2D eigenvalue weighted by Crippen LogP contribution is 2.10.